The smallest absolute Gasteiger partial charge is 0.304 e. The standard InChI is InChI=1S/C15H12ClN3O/c16-13-6-4-5-12(9-13)10-18-15(19-11-17)20-14-7-2-1-3-8-14/h1-9H,10H2,(H,18,19). The molecule has 0 bridgehead atoms. The highest BCUT2D eigenvalue weighted by Crippen LogP contribution is 2.12. The summed E-state index contributed by atoms with van der Waals surface area (Å²) in [5.74, 6) is 0.611. The zero-order chi connectivity index (χ0) is 14.2. The Hall–Kier alpha value is -2.51. The van der Waals surface area contributed by atoms with Gasteiger partial charge in [0, 0.05) is 5.02 Å². The fraction of sp³-hybridized carbons (Fsp3) is 0.0667. The Bertz CT molecular complexity index is 635. The highest BCUT2D eigenvalue weighted by molar-refractivity contribution is 6.30. The molecule has 1 N–H and O–H groups in total. The van der Waals surface area contributed by atoms with Gasteiger partial charge in [-0.05, 0) is 29.8 Å². The van der Waals surface area contributed by atoms with Gasteiger partial charge in [-0.1, -0.05) is 41.9 Å². The minimum Gasteiger partial charge on any atom is -0.425 e. The van der Waals surface area contributed by atoms with Crippen molar-refractivity contribution in [3.63, 3.8) is 0 Å². The number of aliphatic imine (C=N–C) groups is 1. The van der Waals surface area contributed by atoms with Gasteiger partial charge in [-0.25, -0.2) is 10.3 Å². The third-order valence-corrected chi connectivity index (χ3v) is 2.65. The molecule has 2 aromatic carbocycles. The van der Waals surface area contributed by atoms with Gasteiger partial charge in [0.15, 0.2) is 6.19 Å². The van der Waals surface area contributed by atoms with Crippen LogP contribution in [0.25, 0.3) is 0 Å². The van der Waals surface area contributed by atoms with E-state index in [1.807, 2.05) is 36.4 Å². The number of nitrogens with zero attached hydrogens (tertiary/aromatic N) is 2. The van der Waals surface area contributed by atoms with Crippen molar-refractivity contribution in [1.82, 2.24) is 5.32 Å². The maximum Gasteiger partial charge on any atom is 0.304 e. The lowest BCUT2D eigenvalue weighted by Crippen LogP contribution is -2.24. The number of hydrogen-bond acceptors (Lipinski definition) is 3. The van der Waals surface area contributed by atoms with E-state index in [9.17, 15) is 0 Å². The summed E-state index contributed by atoms with van der Waals surface area (Å²) in [6, 6.07) is 16.7. The number of ether oxygens (including phenoxy) is 1. The zero-order valence-corrected chi connectivity index (χ0v) is 11.3. The van der Waals surface area contributed by atoms with Gasteiger partial charge in [-0.2, -0.15) is 5.26 Å². The highest BCUT2D eigenvalue weighted by atomic mass is 35.5. The molecule has 0 saturated heterocycles. The number of nitriles is 1. The van der Waals surface area contributed by atoms with Gasteiger partial charge < -0.3 is 4.74 Å². The molecule has 5 heteroatoms. The van der Waals surface area contributed by atoms with Crippen LogP contribution < -0.4 is 10.1 Å². The summed E-state index contributed by atoms with van der Waals surface area (Å²) in [6.45, 7) is 0.372. The van der Waals surface area contributed by atoms with E-state index in [1.54, 1.807) is 24.4 Å². The second-order valence-corrected chi connectivity index (χ2v) is 4.34. The third-order valence-electron chi connectivity index (χ3n) is 2.41. The van der Waals surface area contributed by atoms with Crippen LogP contribution in [0.4, 0.5) is 0 Å². The quantitative estimate of drug-likeness (QED) is 0.407. The predicted molar refractivity (Wildman–Crippen MR) is 78.4 cm³/mol. The van der Waals surface area contributed by atoms with Gasteiger partial charge in [0.05, 0.1) is 6.54 Å². The topological polar surface area (TPSA) is 57.4 Å². The number of hydrogen-bond donors (Lipinski definition) is 1. The summed E-state index contributed by atoms with van der Waals surface area (Å²) < 4.78 is 5.49. The second kappa shape index (κ2) is 7.17. The van der Waals surface area contributed by atoms with Gasteiger partial charge >= 0.3 is 6.02 Å². The Balaban J connectivity index is 2.08. The van der Waals surface area contributed by atoms with E-state index >= 15 is 0 Å². The van der Waals surface area contributed by atoms with Gasteiger partial charge in [-0.3, -0.25) is 0 Å². The molecule has 0 amide bonds. The fourth-order valence-electron chi connectivity index (χ4n) is 1.54. The van der Waals surface area contributed by atoms with Crippen LogP contribution in [-0.4, -0.2) is 6.02 Å². The fourth-order valence-corrected chi connectivity index (χ4v) is 1.76. The van der Waals surface area contributed by atoms with Crippen molar-refractivity contribution < 1.29 is 4.74 Å². The maximum atomic E-state index is 8.71. The first-order valence-corrected chi connectivity index (χ1v) is 6.32. The van der Waals surface area contributed by atoms with Crippen molar-refractivity contribution in [2.24, 2.45) is 4.99 Å². The molecule has 0 atom stereocenters. The van der Waals surface area contributed by atoms with Gasteiger partial charge in [0.25, 0.3) is 0 Å². The number of amidine groups is 1. The van der Waals surface area contributed by atoms with E-state index in [0.717, 1.165) is 5.56 Å². The first-order valence-electron chi connectivity index (χ1n) is 5.95. The normalized spacial score (nSPS) is 10.7. The monoisotopic (exact) mass is 285 g/mol. The van der Waals surface area contributed by atoms with Crippen molar-refractivity contribution in [2.45, 2.75) is 6.54 Å². The minimum atomic E-state index is 0.152. The molecule has 0 aliphatic heterocycles. The molecule has 0 radical (unpaired) electrons. The number of rotatable bonds is 3. The molecule has 0 heterocycles. The van der Waals surface area contributed by atoms with Crippen LogP contribution in [-0.2, 0) is 6.54 Å². The average Bonchev–Trinajstić information content (AvgIpc) is 2.46. The van der Waals surface area contributed by atoms with Crippen LogP contribution in [0.1, 0.15) is 5.56 Å². The Labute approximate surface area is 122 Å². The molecule has 2 aromatic rings. The van der Waals surface area contributed by atoms with Crippen LogP contribution in [0.15, 0.2) is 59.6 Å². The van der Waals surface area contributed by atoms with Gasteiger partial charge in [-0.15, -0.1) is 0 Å². The number of benzene rings is 2. The summed E-state index contributed by atoms with van der Waals surface area (Å²) in [5.41, 5.74) is 0.936. The lowest BCUT2D eigenvalue weighted by molar-refractivity contribution is 0.526. The molecule has 0 spiro atoms. The number of halogens is 1. The molecule has 100 valence electrons. The Morgan fingerprint density at radius 1 is 1.20 bits per heavy atom. The van der Waals surface area contributed by atoms with Crippen LogP contribution in [0.3, 0.4) is 0 Å². The predicted octanol–water partition coefficient (Wildman–Crippen LogP) is 3.35. The van der Waals surface area contributed by atoms with Crippen molar-refractivity contribution in [3.05, 3.63) is 65.2 Å². The van der Waals surface area contributed by atoms with Crippen molar-refractivity contribution in [2.75, 3.05) is 0 Å². The van der Waals surface area contributed by atoms with Gasteiger partial charge in [0.1, 0.15) is 5.75 Å². The summed E-state index contributed by atoms with van der Waals surface area (Å²) in [7, 11) is 0. The van der Waals surface area contributed by atoms with E-state index in [1.165, 1.54) is 0 Å². The van der Waals surface area contributed by atoms with Crippen LogP contribution in [0.5, 0.6) is 5.75 Å². The van der Waals surface area contributed by atoms with E-state index in [4.69, 9.17) is 21.6 Å². The summed E-state index contributed by atoms with van der Waals surface area (Å²) in [5, 5.41) is 11.8. The molecule has 0 aromatic heterocycles. The second-order valence-electron chi connectivity index (χ2n) is 3.90. The number of para-hydroxylation sites is 1. The zero-order valence-electron chi connectivity index (χ0n) is 10.6. The molecular weight excluding hydrogens is 274 g/mol. The largest absolute Gasteiger partial charge is 0.425 e. The lowest BCUT2D eigenvalue weighted by atomic mass is 10.2. The van der Waals surface area contributed by atoms with E-state index in [0.29, 0.717) is 17.3 Å². The highest BCUT2D eigenvalue weighted by Gasteiger charge is 2.02. The average molecular weight is 286 g/mol. The molecule has 0 aliphatic carbocycles. The summed E-state index contributed by atoms with van der Waals surface area (Å²) >= 11 is 5.90. The Kier molecular flexibility index (Phi) is 4.99. The maximum absolute atomic E-state index is 8.71. The van der Waals surface area contributed by atoms with Crippen LogP contribution in [0.2, 0.25) is 5.02 Å². The van der Waals surface area contributed by atoms with E-state index < -0.39 is 0 Å². The summed E-state index contributed by atoms with van der Waals surface area (Å²) in [6.07, 6.45) is 1.80. The molecule has 4 nitrogen and oxygen atoms in total. The van der Waals surface area contributed by atoms with Crippen molar-refractivity contribution in [1.29, 1.82) is 5.26 Å². The van der Waals surface area contributed by atoms with Crippen molar-refractivity contribution >= 4 is 17.6 Å². The SMILES string of the molecule is N#CNC(=NCc1cccc(Cl)c1)Oc1ccccc1. The summed E-state index contributed by atoms with van der Waals surface area (Å²) in [4.78, 5) is 4.22. The molecule has 20 heavy (non-hydrogen) atoms. The molecule has 2 rings (SSSR count). The third kappa shape index (κ3) is 4.30. The first kappa shape index (κ1) is 13.9. The van der Waals surface area contributed by atoms with Crippen LogP contribution >= 0.6 is 11.6 Å². The molecule has 0 aliphatic rings. The number of nitrogens with one attached hydrogen (secondary N) is 1. The van der Waals surface area contributed by atoms with Crippen LogP contribution in [0, 0.1) is 11.5 Å². The molecule has 0 unspecified atom stereocenters. The van der Waals surface area contributed by atoms with Gasteiger partial charge in [0.2, 0.25) is 0 Å². The Morgan fingerprint density at radius 3 is 2.70 bits per heavy atom. The first-order chi connectivity index (χ1) is 9.78. The molecule has 0 saturated carbocycles. The minimum absolute atomic E-state index is 0.152. The molecule has 0 fully saturated rings. The van der Waals surface area contributed by atoms with E-state index in [-0.39, 0.29) is 6.02 Å². The molecular formula is C15H12ClN3O. The lowest BCUT2D eigenvalue weighted by Gasteiger charge is -2.06. The Morgan fingerprint density at radius 2 is 2.00 bits per heavy atom. The van der Waals surface area contributed by atoms with Crippen molar-refractivity contribution in [3.8, 4) is 11.9 Å². The van der Waals surface area contributed by atoms with E-state index in [2.05, 4.69) is 10.3 Å².